The molecule has 0 saturated carbocycles. The average Bonchev–Trinajstić information content (AvgIpc) is 2.48. The number of rotatable bonds is 7. The van der Waals surface area contributed by atoms with Crippen LogP contribution in [0.1, 0.15) is 37.0 Å². The van der Waals surface area contributed by atoms with Gasteiger partial charge in [0.15, 0.2) is 0 Å². The summed E-state index contributed by atoms with van der Waals surface area (Å²) in [5.41, 5.74) is 0.497. The molecule has 1 amide bonds. The van der Waals surface area contributed by atoms with Gasteiger partial charge < -0.3 is 14.8 Å². The van der Waals surface area contributed by atoms with Gasteiger partial charge >= 0.3 is 5.97 Å². The first kappa shape index (κ1) is 19.9. The highest BCUT2D eigenvalue weighted by atomic mass is 35.6. The normalized spacial score (nSPS) is 11.0. The third kappa shape index (κ3) is 6.45. The Kier molecular flexibility index (Phi) is 7.95. The zero-order valence-corrected chi connectivity index (χ0v) is 15.1. The van der Waals surface area contributed by atoms with E-state index in [-0.39, 0.29) is 12.2 Å². The molecule has 23 heavy (non-hydrogen) atoms. The second-order valence-electron chi connectivity index (χ2n) is 4.59. The van der Waals surface area contributed by atoms with E-state index in [1.54, 1.807) is 19.1 Å². The number of hydrogen-bond donors (Lipinski definition) is 1. The van der Waals surface area contributed by atoms with Crippen LogP contribution in [0, 0.1) is 0 Å². The lowest BCUT2D eigenvalue weighted by molar-refractivity contribution is -0.115. The van der Waals surface area contributed by atoms with Gasteiger partial charge in [0, 0.05) is 5.69 Å². The van der Waals surface area contributed by atoms with Crippen LogP contribution in [0.5, 0.6) is 5.75 Å². The zero-order chi connectivity index (χ0) is 17.5. The number of alkyl halides is 3. The van der Waals surface area contributed by atoms with E-state index in [9.17, 15) is 9.59 Å². The van der Waals surface area contributed by atoms with Crippen molar-refractivity contribution in [1.82, 2.24) is 0 Å². The highest BCUT2D eigenvalue weighted by Crippen LogP contribution is 2.29. The Morgan fingerprint density at radius 2 is 1.91 bits per heavy atom. The summed E-state index contributed by atoms with van der Waals surface area (Å²) in [7, 11) is 0. The lowest BCUT2D eigenvalue weighted by Crippen LogP contribution is -2.27. The fraction of sp³-hybridized carbons (Fsp3) is 0.467. The molecule has 1 rings (SSSR count). The van der Waals surface area contributed by atoms with E-state index in [1.165, 1.54) is 6.07 Å². The number of nitrogens with one attached hydrogen (secondary N) is 1. The van der Waals surface area contributed by atoms with E-state index in [0.29, 0.717) is 18.0 Å². The van der Waals surface area contributed by atoms with Gasteiger partial charge in [0.05, 0.1) is 13.2 Å². The molecular weight excluding hydrogens is 365 g/mol. The molecule has 128 valence electrons. The first-order chi connectivity index (χ1) is 10.8. The van der Waals surface area contributed by atoms with Crippen LogP contribution in [-0.2, 0) is 9.53 Å². The van der Waals surface area contributed by atoms with E-state index >= 15 is 0 Å². The Labute approximate surface area is 150 Å². The Balaban J connectivity index is 3.01. The molecule has 0 aliphatic heterocycles. The molecule has 1 aromatic carbocycles. The molecule has 0 atom stereocenters. The molecule has 0 saturated heterocycles. The second kappa shape index (κ2) is 9.21. The summed E-state index contributed by atoms with van der Waals surface area (Å²) < 4.78 is 8.48. The van der Waals surface area contributed by atoms with Crippen molar-refractivity contribution >= 4 is 52.4 Å². The number of esters is 1. The molecule has 8 heteroatoms. The number of amides is 1. The fourth-order valence-electron chi connectivity index (χ4n) is 1.63. The summed E-state index contributed by atoms with van der Waals surface area (Å²) in [4.78, 5) is 23.7. The van der Waals surface area contributed by atoms with E-state index in [1.807, 2.05) is 6.92 Å². The smallest absolute Gasteiger partial charge is 0.341 e. The maximum atomic E-state index is 12.0. The van der Waals surface area contributed by atoms with E-state index in [4.69, 9.17) is 44.3 Å². The monoisotopic (exact) mass is 381 g/mol. The molecule has 0 spiro atoms. The van der Waals surface area contributed by atoms with Gasteiger partial charge in [0.2, 0.25) is 0 Å². The molecule has 0 aromatic heterocycles. The van der Waals surface area contributed by atoms with Crippen molar-refractivity contribution in [2.45, 2.75) is 30.5 Å². The van der Waals surface area contributed by atoms with Crippen LogP contribution < -0.4 is 10.1 Å². The molecular formula is C15H18Cl3NO4. The van der Waals surface area contributed by atoms with Gasteiger partial charge in [-0.15, -0.1) is 0 Å². The Morgan fingerprint density at radius 1 is 1.22 bits per heavy atom. The largest absolute Gasteiger partial charge is 0.493 e. The maximum Gasteiger partial charge on any atom is 0.341 e. The Hall–Kier alpha value is -1.17. The maximum absolute atomic E-state index is 12.0. The van der Waals surface area contributed by atoms with E-state index in [0.717, 1.165) is 12.8 Å². The minimum atomic E-state index is -2.10. The number of hydrogen-bond acceptors (Lipinski definition) is 4. The predicted molar refractivity (Wildman–Crippen MR) is 91.7 cm³/mol. The third-order valence-electron chi connectivity index (χ3n) is 2.75. The number of carbonyl (C=O) groups excluding carboxylic acids is 2. The van der Waals surface area contributed by atoms with Gasteiger partial charge in [0.25, 0.3) is 9.70 Å². The quantitative estimate of drug-likeness (QED) is 0.432. The van der Waals surface area contributed by atoms with Gasteiger partial charge in [-0.2, -0.15) is 0 Å². The van der Waals surface area contributed by atoms with Crippen molar-refractivity contribution in [1.29, 1.82) is 0 Å². The number of unbranched alkanes of at least 4 members (excludes halogenated alkanes) is 1. The number of benzene rings is 1. The standard InChI is InChI=1S/C15H18Cl3NO4/c1-3-5-8-23-12-7-6-10(19-14(21)15(16,17)18)9-11(12)13(20)22-4-2/h6-7,9H,3-5,8H2,1-2H3,(H,19,21). The van der Waals surface area contributed by atoms with Gasteiger partial charge in [-0.05, 0) is 31.5 Å². The third-order valence-corrected chi connectivity index (χ3v) is 3.26. The van der Waals surface area contributed by atoms with Crippen molar-refractivity contribution in [3.05, 3.63) is 23.8 Å². The average molecular weight is 383 g/mol. The lowest BCUT2D eigenvalue weighted by atomic mass is 10.1. The van der Waals surface area contributed by atoms with Crippen molar-refractivity contribution < 1.29 is 19.1 Å². The van der Waals surface area contributed by atoms with Gasteiger partial charge in [0.1, 0.15) is 11.3 Å². The molecule has 0 heterocycles. The highest BCUT2D eigenvalue weighted by Gasteiger charge is 2.31. The second-order valence-corrected chi connectivity index (χ2v) is 6.87. The van der Waals surface area contributed by atoms with Gasteiger partial charge in [-0.3, -0.25) is 4.79 Å². The Morgan fingerprint density at radius 3 is 2.48 bits per heavy atom. The number of anilines is 1. The lowest BCUT2D eigenvalue weighted by Gasteiger charge is -2.15. The first-order valence-electron chi connectivity index (χ1n) is 7.11. The summed E-state index contributed by atoms with van der Waals surface area (Å²) in [6.07, 6.45) is 1.82. The topological polar surface area (TPSA) is 64.6 Å². The fourth-order valence-corrected chi connectivity index (χ4v) is 1.77. The van der Waals surface area contributed by atoms with Crippen LogP contribution >= 0.6 is 34.8 Å². The summed E-state index contributed by atoms with van der Waals surface area (Å²) in [6.45, 7) is 4.43. The Bertz CT molecular complexity index is 558. The molecule has 0 bridgehead atoms. The van der Waals surface area contributed by atoms with Crippen molar-refractivity contribution in [3.63, 3.8) is 0 Å². The highest BCUT2D eigenvalue weighted by molar-refractivity contribution is 6.76. The van der Waals surface area contributed by atoms with Crippen LogP contribution in [0.3, 0.4) is 0 Å². The molecule has 5 nitrogen and oxygen atoms in total. The molecule has 0 aliphatic carbocycles. The van der Waals surface area contributed by atoms with E-state index in [2.05, 4.69) is 5.32 Å². The molecule has 0 unspecified atom stereocenters. The molecule has 0 aliphatic rings. The van der Waals surface area contributed by atoms with Crippen molar-refractivity contribution in [2.24, 2.45) is 0 Å². The minimum Gasteiger partial charge on any atom is -0.493 e. The van der Waals surface area contributed by atoms with Crippen LogP contribution in [0.15, 0.2) is 18.2 Å². The predicted octanol–water partition coefficient (Wildman–Crippen LogP) is 4.35. The first-order valence-corrected chi connectivity index (χ1v) is 8.25. The van der Waals surface area contributed by atoms with Gasteiger partial charge in [-0.1, -0.05) is 48.1 Å². The van der Waals surface area contributed by atoms with E-state index < -0.39 is 15.7 Å². The zero-order valence-electron chi connectivity index (χ0n) is 12.8. The van der Waals surface area contributed by atoms with Gasteiger partial charge in [-0.25, -0.2) is 4.79 Å². The molecule has 1 N–H and O–H groups in total. The number of carbonyl (C=O) groups is 2. The van der Waals surface area contributed by atoms with Crippen LogP contribution in [0.25, 0.3) is 0 Å². The summed E-state index contributed by atoms with van der Waals surface area (Å²) in [5.74, 6) is -0.996. The van der Waals surface area contributed by atoms with Crippen molar-refractivity contribution in [3.8, 4) is 5.75 Å². The van der Waals surface area contributed by atoms with Crippen molar-refractivity contribution in [2.75, 3.05) is 18.5 Å². The van der Waals surface area contributed by atoms with Crippen LogP contribution in [-0.4, -0.2) is 28.9 Å². The summed E-state index contributed by atoms with van der Waals surface area (Å²) in [6, 6.07) is 4.54. The minimum absolute atomic E-state index is 0.199. The summed E-state index contributed by atoms with van der Waals surface area (Å²) in [5, 5.41) is 2.42. The molecule has 0 radical (unpaired) electrons. The molecule has 1 aromatic rings. The number of ether oxygens (including phenoxy) is 2. The van der Waals surface area contributed by atoms with Crippen LogP contribution in [0.2, 0.25) is 0 Å². The summed E-state index contributed by atoms with van der Waals surface area (Å²) >= 11 is 16.5. The van der Waals surface area contributed by atoms with Crippen LogP contribution in [0.4, 0.5) is 5.69 Å². The molecule has 0 fully saturated rings. The SMILES string of the molecule is CCCCOc1ccc(NC(=O)C(Cl)(Cl)Cl)cc1C(=O)OCC. The number of halogens is 3.